The number of fused-ring (bicyclic) bond motifs is 3. The van der Waals surface area contributed by atoms with Crippen LogP contribution in [0.15, 0.2) is 24.5 Å². The quantitative estimate of drug-likeness (QED) is 0.550. The number of hydrogen-bond acceptors (Lipinski definition) is 5. The molecule has 0 fully saturated rings. The zero-order valence-electron chi connectivity index (χ0n) is 6.99. The Hall–Kier alpha value is -2.24. The summed E-state index contributed by atoms with van der Waals surface area (Å²) in [7, 11) is 0. The van der Waals surface area contributed by atoms with Gasteiger partial charge in [-0.15, -0.1) is 10.2 Å². The molecule has 1 aromatic carbocycles. The third-order valence-corrected chi connectivity index (χ3v) is 1.99. The standard InChI is InChI=1S/C8H5N5O/c14-6-3-1-2-5-7(6)11-12-8-9-4-10-13(5)8/h1-4,14H. The molecule has 0 bridgehead atoms. The first-order valence-electron chi connectivity index (χ1n) is 4.00. The van der Waals surface area contributed by atoms with Crippen molar-refractivity contribution >= 4 is 16.8 Å². The maximum Gasteiger partial charge on any atom is 0.272 e. The van der Waals surface area contributed by atoms with E-state index in [4.69, 9.17) is 0 Å². The molecule has 0 spiro atoms. The van der Waals surface area contributed by atoms with E-state index in [2.05, 4.69) is 20.3 Å². The Bertz CT molecular complexity index is 617. The Morgan fingerprint density at radius 3 is 3.07 bits per heavy atom. The van der Waals surface area contributed by atoms with Crippen LogP contribution in [-0.4, -0.2) is 29.9 Å². The normalized spacial score (nSPS) is 11.1. The molecule has 0 radical (unpaired) electrons. The summed E-state index contributed by atoms with van der Waals surface area (Å²) in [5.41, 5.74) is 1.11. The molecule has 0 amide bonds. The minimum absolute atomic E-state index is 0.0902. The topological polar surface area (TPSA) is 76.2 Å². The van der Waals surface area contributed by atoms with Crippen LogP contribution in [0.2, 0.25) is 0 Å². The van der Waals surface area contributed by atoms with Gasteiger partial charge in [0.15, 0.2) is 5.52 Å². The van der Waals surface area contributed by atoms with Gasteiger partial charge < -0.3 is 5.11 Å². The van der Waals surface area contributed by atoms with Crippen molar-refractivity contribution in [3.05, 3.63) is 24.5 Å². The van der Waals surface area contributed by atoms with Crippen LogP contribution >= 0.6 is 0 Å². The predicted octanol–water partition coefficient (Wildman–Crippen LogP) is 0.378. The highest BCUT2D eigenvalue weighted by Gasteiger charge is 2.06. The lowest BCUT2D eigenvalue weighted by atomic mass is 10.3. The van der Waals surface area contributed by atoms with E-state index in [1.54, 1.807) is 18.2 Å². The highest BCUT2D eigenvalue weighted by atomic mass is 16.3. The van der Waals surface area contributed by atoms with Crippen LogP contribution < -0.4 is 0 Å². The van der Waals surface area contributed by atoms with Gasteiger partial charge in [-0.3, -0.25) is 0 Å². The van der Waals surface area contributed by atoms with E-state index in [-0.39, 0.29) is 5.75 Å². The molecule has 6 heteroatoms. The third-order valence-electron chi connectivity index (χ3n) is 1.99. The molecule has 6 nitrogen and oxygen atoms in total. The first kappa shape index (κ1) is 7.19. The van der Waals surface area contributed by atoms with E-state index in [9.17, 15) is 5.11 Å². The SMILES string of the molecule is Oc1cccc2c1nnc1ncnn12. The highest BCUT2D eigenvalue weighted by Crippen LogP contribution is 2.20. The molecule has 0 aliphatic rings. The second-order valence-electron chi connectivity index (χ2n) is 2.82. The molecule has 0 aliphatic heterocycles. The molecule has 0 saturated heterocycles. The monoisotopic (exact) mass is 187 g/mol. The molecule has 2 heterocycles. The molecule has 2 aromatic heterocycles. The molecule has 0 aliphatic carbocycles. The molecule has 14 heavy (non-hydrogen) atoms. The fourth-order valence-corrected chi connectivity index (χ4v) is 1.36. The van der Waals surface area contributed by atoms with Crippen LogP contribution in [0.4, 0.5) is 0 Å². The first-order valence-corrected chi connectivity index (χ1v) is 4.00. The van der Waals surface area contributed by atoms with Crippen molar-refractivity contribution in [2.24, 2.45) is 0 Å². The zero-order chi connectivity index (χ0) is 9.54. The molecule has 3 aromatic rings. The van der Waals surface area contributed by atoms with Gasteiger partial charge in [-0.05, 0) is 12.1 Å². The number of aromatic hydroxyl groups is 1. The smallest absolute Gasteiger partial charge is 0.272 e. The molecule has 3 rings (SSSR count). The Morgan fingerprint density at radius 2 is 2.14 bits per heavy atom. The van der Waals surface area contributed by atoms with Crippen LogP contribution in [-0.2, 0) is 0 Å². The third kappa shape index (κ3) is 0.792. The van der Waals surface area contributed by atoms with Gasteiger partial charge in [0.1, 0.15) is 17.6 Å². The van der Waals surface area contributed by atoms with E-state index >= 15 is 0 Å². The van der Waals surface area contributed by atoms with Crippen LogP contribution in [0.3, 0.4) is 0 Å². The summed E-state index contributed by atoms with van der Waals surface area (Å²) in [5, 5.41) is 21.2. The van der Waals surface area contributed by atoms with Gasteiger partial charge in [0, 0.05) is 0 Å². The summed E-state index contributed by atoms with van der Waals surface area (Å²) in [6.45, 7) is 0. The number of nitrogens with zero attached hydrogens (tertiary/aromatic N) is 5. The van der Waals surface area contributed by atoms with Gasteiger partial charge in [0.2, 0.25) is 0 Å². The van der Waals surface area contributed by atoms with Crippen molar-refractivity contribution in [2.75, 3.05) is 0 Å². The summed E-state index contributed by atoms with van der Waals surface area (Å²) < 4.78 is 1.53. The summed E-state index contributed by atoms with van der Waals surface area (Å²) in [6.07, 6.45) is 1.40. The number of benzene rings is 1. The second-order valence-corrected chi connectivity index (χ2v) is 2.82. The number of hydrogen-bond donors (Lipinski definition) is 1. The summed E-state index contributed by atoms with van der Waals surface area (Å²) in [6, 6.07) is 5.08. The van der Waals surface area contributed by atoms with E-state index < -0.39 is 0 Å². The van der Waals surface area contributed by atoms with Crippen LogP contribution in [0.5, 0.6) is 5.75 Å². The fourth-order valence-electron chi connectivity index (χ4n) is 1.36. The maximum atomic E-state index is 9.50. The molecule has 68 valence electrons. The number of rotatable bonds is 0. The molecule has 0 atom stereocenters. The average molecular weight is 187 g/mol. The first-order chi connectivity index (χ1) is 6.86. The van der Waals surface area contributed by atoms with Gasteiger partial charge in [0.05, 0.1) is 0 Å². The highest BCUT2D eigenvalue weighted by molar-refractivity contribution is 5.81. The minimum atomic E-state index is 0.0902. The average Bonchev–Trinajstić information content (AvgIpc) is 2.66. The van der Waals surface area contributed by atoms with Crippen LogP contribution in [0.1, 0.15) is 0 Å². The lowest BCUT2D eigenvalue weighted by Crippen LogP contribution is -1.96. The van der Waals surface area contributed by atoms with Gasteiger partial charge in [-0.2, -0.15) is 14.6 Å². The van der Waals surface area contributed by atoms with Gasteiger partial charge in [0.25, 0.3) is 5.78 Å². The Kier molecular flexibility index (Phi) is 1.22. The van der Waals surface area contributed by atoms with Crippen molar-refractivity contribution < 1.29 is 5.11 Å². The summed E-state index contributed by atoms with van der Waals surface area (Å²) >= 11 is 0. The molecule has 0 saturated carbocycles. The molecular weight excluding hydrogens is 182 g/mol. The van der Waals surface area contributed by atoms with Gasteiger partial charge >= 0.3 is 0 Å². The second kappa shape index (κ2) is 2.38. The zero-order valence-corrected chi connectivity index (χ0v) is 6.99. The number of aromatic nitrogens is 5. The van der Waals surface area contributed by atoms with E-state index in [1.807, 2.05) is 0 Å². The predicted molar refractivity (Wildman–Crippen MR) is 47.7 cm³/mol. The van der Waals surface area contributed by atoms with Crippen molar-refractivity contribution in [2.45, 2.75) is 0 Å². The lowest BCUT2D eigenvalue weighted by molar-refractivity contribution is 0.479. The Morgan fingerprint density at radius 1 is 1.21 bits per heavy atom. The fraction of sp³-hybridized carbons (Fsp3) is 0. The molecule has 0 unspecified atom stereocenters. The number of phenols is 1. The Labute approximate surface area is 77.8 Å². The minimum Gasteiger partial charge on any atom is -0.506 e. The summed E-state index contributed by atoms with van der Waals surface area (Å²) in [4.78, 5) is 3.90. The van der Waals surface area contributed by atoms with Gasteiger partial charge in [-0.25, -0.2) is 0 Å². The van der Waals surface area contributed by atoms with Crippen LogP contribution in [0.25, 0.3) is 16.8 Å². The van der Waals surface area contributed by atoms with E-state index in [1.165, 1.54) is 10.8 Å². The van der Waals surface area contributed by atoms with E-state index in [0.717, 1.165) is 0 Å². The molecule has 1 N–H and O–H groups in total. The lowest BCUT2D eigenvalue weighted by Gasteiger charge is -1.99. The van der Waals surface area contributed by atoms with Crippen LogP contribution in [0, 0.1) is 0 Å². The molecular formula is C8H5N5O. The number of phenolic OH excluding ortho intramolecular Hbond substituents is 1. The maximum absolute atomic E-state index is 9.50. The Balaban J connectivity index is 2.64. The van der Waals surface area contributed by atoms with E-state index in [0.29, 0.717) is 16.8 Å². The van der Waals surface area contributed by atoms with Crippen molar-refractivity contribution in [3.63, 3.8) is 0 Å². The van der Waals surface area contributed by atoms with Crippen molar-refractivity contribution in [1.82, 2.24) is 24.8 Å². The largest absolute Gasteiger partial charge is 0.506 e. The summed E-state index contributed by atoms with van der Waals surface area (Å²) in [5.74, 6) is 0.510. The van der Waals surface area contributed by atoms with Crippen molar-refractivity contribution in [3.8, 4) is 5.75 Å². The van der Waals surface area contributed by atoms with Gasteiger partial charge in [-0.1, -0.05) is 6.07 Å². The van der Waals surface area contributed by atoms with Crippen molar-refractivity contribution in [1.29, 1.82) is 0 Å².